The first kappa shape index (κ1) is 15.5. The second-order valence-corrected chi connectivity index (χ2v) is 6.17. The van der Waals surface area contributed by atoms with Crippen molar-refractivity contribution >= 4 is 17.4 Å². The minimum atomic E-state index is -0.244. The molecule has 120 valence electrons. The van der Waals surface area contributed by atoms with Crippen LogP contribution in [0.5, 0.6) is 0 Å². The summed E-state index contributed by atoms with van der Waals surface area (Å²) in [5.74, 6) is 0.130. The summed E-state index contributed by atoms with van der Waals surface area (Å²) in [6.45, 7) is 2.83. The zero-order valence-electron chi connectivity index (χ0n) is 13.4. The Labute approximate surface area is 135 Å². The molecule has 0 fully saturated rings. The number of anilines is 1. The fourth-order valence-electron chi connectivity index (χ4n) is 3.07. The lowest BCUT2D eigenvalue weighted by atomic mass is 9.86. The quantitative estimate of drug-likeness (QED) is 0.813. The highest BCUT2D eigenvalue weighted by molar-refractivity contribution is 6.13. The van der Waals surface area contributed by atoms with Crippen molar-refractivity contribution in [1.29, 1.82) is 0 Å². The van der Waals surface area contributed by atoms with E-state index < -0.39 is 0 Å². The van der Waals surface area contributed by atoms with Crippen molar-refractivity contribution in [3.63, 3.8) is 0 Å². The van der Waals surface area contributed by atoms with E-state index in [1.807, 2.05) is 38.2 Å². The van der Waals surface area contributed by atoms with Gasteiger partial charge in [-0.2, -0.15) is 0 Å². The molecule has 1 amide bonds. The molecule has 23 heavy (non-hydrogen) atoms. The zero-order valence-corrected chi connectivity index (χ0v) is 13.4. The maximum absolute atomic E-state index is 12.5. The summed E-state index contributed by atoms with van der Waals surface area (Å²) >= 11 is 0. The molecule has 0 unspecified atom stereocenters. The van der Waals surface area contributed by atoms with E-state index in [9.17, 15) is 9.59 Å². The van der Waals surface area contributed by atoms with E-state index in [0.29, 0.717) is 23.5 Å². The van der Waals surface area contributed by atoms with Crippen LogP contribution in [0.2, 0.25) is 0 Å². The van der Waals surface area contributed by atoms with Gasteiger partial charge in [0.25, 0.3) is 5.91 Å². The Balaban J connectivity index is 1.78. The van der Waals surface area contributed by atoms with Gasteiger partial charge in [-0.05, 0) is 37.1 Å². The number of carbonyl (C=O) groups excluding carboxylic acids is 2. The number of hydrogen-bond acceptors (Lipinski definition) is 3. The third-order valence-corrected chi connectivity index (χ3v) is 4.16. The summed E-state index contributed by atoms with van der Waals surface area (Å²) in [4.78, 5) is 27.8. The highest BCUT2D eigenvalue weighted by Crippen LogP contribution is 2.28. The Bertz CT molecular complexity index is 731. The number of fused-ring (bicyclic) bond motifs is 1. The number of rotatable bonds is 4. The van der Waals surface area contributed by atoms with Gasteiger partial charge in [0, 0.05) is 30.5 Å². The van der Waals surface area contributed by atoms with Crippen LogP contribution in [0, 0.1) is 5.92 Å². The Morgan fingerprint density at radius 1 is 1.26 bits per heavy atom. The van der Waals surface area contributed by atoms with Crippen molar-refractivity contribution in [2.24, 2.45) is 5.92 Å². The minimum absolute atomic E-state index is 0.0505. The standard InChI is InChI=1S/C18H21N3O2/c1-11-7-15-17(16(22)8-11)14(10-20-15)18(23)21-13-5-3-12(4-6-13)9-19-2/h3-6,10-11,19-20H,7-9H2,1-2H3,(H,21,23)/t11-/m0/s1. The van der Waals surface area contributed by atoms with Crippen molar-refractivity contribution in [3.05, 3.63) is 52.8 Å². The van der Waals surface area contributed by atoms with Gasteiger partial charge in [0.1, 0.15) is 0 Å². The van der Waals surface area contributed by atoms with Crippen molar-refractivity contribution in [2.75, 3.05) is 12.4 Å². The normalized spacial score (nSPS) is 17.0. The van der Waals surface area contributed by atoms with Gasteiger partial charge in [-0.1, -0.05) is 19.1 Å². The number of benzene rings is 1. The van der Waals surface area contributed by atoms with Crippen LogP contribution < -0.4 is 10.6 Å². The average molecular weight is 311 g/mol. The minimum Gasteiger partial charge on any atom is -0.364 e. The number of aromatic nitrogens is 1. The Hall–Kier alpha value is -2.40. The smallest absolute Gasteiger partial charge is 0.257 e. The van der Waals surface area contributed by atoms with Crippen molar-refractivity contribution < 1.29 is 9.59 Å². The van der Waals surface area contributed by atoms with E-state index in [1.54, 1.807) is 6.20 Å². The number of H-pyrrole nitrogens is 1. The largest absolute Gasteiger partial charge is 0.364 e. The van der Waals surface area contributed by atoms with Gasteiger partial charge in [-0.3, -0.25) is 9.59 Å². The number of Topliss-reactive ketones (excluding diaryl/α,β-unsaturated/α-hetero) is 1. The third-order valence-electron chi connectivity index (χ3n) is 4.16. The highest BCUT2D eigenvalue weighted by atomic mass is 16.2. The summed E-state index contributed by atoms with van der Waals surface area (Å²) in [5.41, 5.74) is 3.75. The first-order chi connectivity index (χ1) is 11.1. The Kier molecular flexibility index (Phi) is 4.30. The maximum atomic E-state index is 12.5. The molecular formula is C18H21N3O2. The van der Waals surface area contributed by atoms with Gasteiger partial charge in [-0.15, -0.1) is 0 Å². The number of hydrogen-bond donors (Lipinski definition) is 3. The average Bonchev–Trinajstić information content (AvgIpc) is 2.93. The number of nitrogens with one attached hydrogen (secondary N) is 3. The van der Waals surface area contributed by atoms with E-state index in [0.717, 1.165) is 29.9 Å². The summed E-state index contributed by atoms with van der Waals surface area (Å²) in [7, 11) is 1.89. The van der Waals surface area contributed by atoms with Gasteiger partial charge in [-0.25, -0.2) is 0 Å². The number of ketones is 1. The number of aromatic amines is 1. The van der Waals surface area contributed by atoms with Crippen molar-refractivity contribution in [3.8, 4) is 0 Å². The highest BCUT2D eigenvalue weighted by Gasteiger charge is 2.29. The van der Waals surface area contributed by atoms with Crippen molar-refractivity contribution in [1.82, 2.24) is 10.3 Å². The fourth-order valence-corrected chi connectivity index (χ4v) is 3.07. The second kappa shape index (κ2) is 6.38. The SMILES string of the molecule is CNCc1ccc(NC(=O)c2c[nH]c3c2C(=O)C[C@@H](C)C3)cc1. The molecule has 5 nitrogen and oxygen atoms in total. The molecule has 0 saturated carbocycles. The lowest BCUT2D eigenvalue weighted by Crippen LogP contribution is -2.21. The monoisotopic (exact) mass is 311 g/mol. The van der Waals surface area contributed by atoms with E-state index >= 15 is 0 Å². The molecule has 1 aromatic heterocycles. The molecule has 1 aliphatic carbocycles. The van der Waals surface area contributed by atoms with Gasteiger partial charge in [0.05, 0.1) is 11.1 Å². The van der Waals surface area contributed by atoms with Crippen LogP contribution in [0.25, 0.3) is 0 Å². The fraction of sp³-hybridized carbons (Fsp3) is 0.333. The molecule has 2 aromatic rings. The van der Waals surface area contributed by atoms with E-state index in [4.69, 9.17) is 0 Å². The van der Waals surface area contributed by atoms with Gasteiger partial charge in [0.2, 0.25) is 0 Å². The zero-order chi connectivity index (χ0) is 16.4. The molecule has 0 bridgehead atoms. The summed E-state index contributed by atoms with van der Waals surface area (Å²) in [6, 6.07) is 7.66. The molecule has 0 radical (unpaired) electrons. The molecular weight excluding hydrogens is 290 g/mol. The molecule has 1 atom stereocenters. The van der Waals surface area contributed by atoms with Crippen LogP contribution in [0.4, 0.5) is 5.69 Å². The van der Waals surface area contributed by atoms with Gasteiger partial charge >= 0.3 is 0 Å². The first-order valence-electron chi connectivity index (χ1n) is 7.87. The van der Waals surface area contributed by atoms with Crippen LogP contribution >= 0.6 is 0 Å². The molecule has 3 rings (SSSR count). The number of amides is 1. The summed E-state index contributed by atoms with van der Waals surface area (Å²) < 4.78 is 0. The number of carbonyl (C=O) groups is 2. The molecule has 1 aromatic carbocycles. The maximum Gasteiger partial charge on any atom is 0.257 e. The molecule has 5 heteroatoms. The molecule has 0 aliphatic heterocycles. The van der Waals surface area contributed by atoms with Crippen LogP contribution in [0.3, 0.4) is 0 Å². The predicted octanol–water partition coefficient (Wildman–Crippen LogP) is 2.75. The molecule has 0 saturated heterocycles. The molecule has 0 spiro atoms. The van der Waals surface area contributed by atoms with Crippen LogP contribution in [0.1, 0.15) is 45.3 Å². The second-order valence-electron chi connectivity index (χ2n) is 6.17. The van der Waals surface area contributed by atoms with Gasteiger partial charge < -0.3 is 15.6 Å². The summed E-state index contributed by atoms with van der Waals surface area (Å²) in [5, 5.41) is 5.94. The molecule has 1 heterocycles. The lowest BCUT2D eigenvalue weighted by Gasteiger charge is -2.17. The third kappa shape index (κ3) is 3.19. The van der Waals surface area contributed by atoms with Crippen LogP contribution in [0.15, 0.2) is 30.5 Å². The topological polar surface area (TPSA) is 74.0 Å². The van der Waals surface area contributed by atoms with E-state index in [2.05, 4.69) is 15.6 Å². The van der Waals surface area contributed by atoms with E-state index in [1.165, 1.54) is 0 Å². The predicted molar refractivity (Wildman–Crippen MR) is 89.8 cm³/mol. The van der Waals surface area contributed by atoms with Gasteiger partial charge in [0.15, 0.2) is 5.78 Å². The lowest BCUT2D eigenvalue weighted by molar-refractivity contribution is 0.0940. The van der Waals surface area contributed by atoms with Crippen LogP contribution in [-0.4, -0.2) is 23.7 Å². The Morgan fingerprint density at radius 3 is 2.70 bits per heavy atom. The first-order valence-corrected chi connectivity index (χ1v) is 7.87. The molecule has 1 aliphatic rings. The van der Waals surface area contributed by atoms with Crippen molar-refractivity contribution in [2.45, 2.75) is 26.3 Å². The van der Waals surface area contributed by atoms with E-state index in [-0.39, 0.29) is 11.7 Å². The summed E-state index contributed by atoms with van der Waals surface area (Å²) in [6.07, 6.45) is 2.96. The molecule has 3 N–H and O–H groups in total. The Morgan fingerprint density at radius 2 is 2.00 bits per heavy atom. The van der Waals surface area contributed by atoms with Crippen LogP contribution in [-0.2, 0) is 13.0 Å².